The van der Waals surface area contributed by atoms with Crippen molar-refractivity contribution >= 4 is 43.5 Å². The van der Waals surface area contributed by atoms with Crippen molar-refractivity contribution in [2.75, 3.05) is 5.32 Å². The molecule has 2 heterocycles. The highest BCUT2D eigenvalue weighted by Crippen LogP contribution is 2.26. The lowest BCUT2D eigenvalue weighted by atomic mass is 10.1. The third-order valence-corrected chi connectivity index (χ3v) is 4.77. The van der Waals surface area contributed by atoms with Gasteiger partial charge in [-0.2, -0.15) is 0 Å². The smallest absolute Gasteiger partial charge is 0.230 e. The van der Waals surface area contributed by atoms with Gasteiger partial charge in [-0.05, 0) is 36.8 Å². The van der Waals surface area contributed by atoms with Crippen LogP contribution in [0.3, 0.4) is 0 Å². The maximum absolute atomic E-state index is 12.3. The Bertz CT molecular complexity index is 982. The summed E-state index contributed by atoms with van der Waals surface area (Å²) in [4.78, 5) is 20.0. The Balaban J connectivity index is 1.56. The zero-order valence-corrected chi connectivity index (χ0v) is 13.4. The Morgan fingerprint density at radius 1 is 1.26 bits per heavy atom. The first kappa shape index (κ1) is 14.0. The Morgan fingerprint density at radius 3 is 3.00 bits per heavy atom. The van der Waals surface area contributed by atoms with Gasteiger partial charge in [-0.1, -0.05) is 35.1 Å². The summed E-state index contributed by atoms with van der Waals surface area (Å²) in [6.45, 7) is 2.05. The molecule has 0 saturated carbocycles. The molecular weight excluding hydrogens is 306 g/mol. The molecule has 4 rings (SSSR count). The van der Waals surface area contributed by atoms with Crippen molar-refractivity contribution < 1.29 is 4.79 Å². The highest BCUT2D eigenvalue weighted by molar-refractivity contribution is 7.22. The Kier molecular flexibility index (Phi) is 3.35. The van der Waals surface area contributed by atoms with Gasteiger partial charge in [0.25, 0.3) is 0 Å². The molecule has 0 unspecified atom stereocenters. The monoisotopic (exact) mass is 321 g/mol. The topological polar surface area (TPSA) is 57.8 Å². The number of aromatic nitrogens is 2. The number of carbonyl (C=O) groups excluding carboxylic acids is 1. The highest BCUT2D eigenvalue weighted by Gasteiger charge is 2.11. The Labute approximate surface area is 137 Å². The number of hydrogen-bond donors (Lipinski definition) is 2. The fourth-order valence-electron chi connectivity index (χ4n) is 2.70. The maximum Gasteiger partial charge on any atom is 0.230 e. The molecule has 0 saturated heterocycles. The first-order chi connectivity index (χ1) is 11.2. The quantitative estimate of drug-likeness (QED) is 0.592. The summed E-state index contributed by atoms with van der Waals surface area (Å²) in [5.74, 6) is -0.0496. The van der Waals surface area contributed by atoms with E-state index in [2.05, 4.69) is 34.3 Å². The average Bonchev–Trinajstić information content (AvgIpc) is 3.10. The lowest BCUT2D eigenvalue weighted by Crippen LogP contribution is -2.13. The molecule has 0 aliphatic rings. The number of nitrogens with zero attached hydrogens (tertiary/aromatic N) is 1. The number of fused-ring (bicyclic) bond motifs is 2. The number of carbonyl (C=O) groups is 1. The van der Waals surface area contributed by atoms with Gasteiger partial charge in [0, 0.05) is 17.1 Å². The zero-order valence-electron chi connectivity index (χ0n) is 12.6. The number of anilines is 1. The molecule has 114 valence electrons. The van der Waals surface area contributed by atoms with E-state index in [1.165, 1.54) is 16.9 Å². The minimum Gasteiger partial charge on any atom is -0.361 e. The lowest BCUT2D eigenvalue weighted by molar-refractivity contribution is -0.115. The lowest BCUT2D eigenvalue weighted by Gasteiger charge is -2.01. The molecule has 0 aliphatic heterocycles. The molecule has 4 aromatic rings. The minimum absolute atomic E-state index is 0.0496. The van der Waals surface area contributed by atoms with Gasteiger partial charge >= 0.3 is 0 Å². The Morgan fingerprint density at radius 2 is 2.13 bits per heavy atom. The van der Waals surface area contributed by atoms with Gasteiger partial charge in [0.15, 0.2) is 5.13 Å². The fourth-order valence-corrected chi connectivity index (χ4v) is 3.58. The third kappa shape index (κ3) is 2.71. The molecule has 2 N–H and O–H groups in total. The van der Waals surface area contributed by atoms with Crippen molar-refractivity contribution in [1.82, 2.24) is 9.97 Å². The summed E-state index contributed by atoms with van der Waals surface area (Å²) in [6, 6.07) is 14.1. The second kappa shape index (κ2) is 5.52. The molecule has 4 nitrogen and oxygen atoms in total. The van der Waals surface area contributed by atoms with E-state index >= 15 is 0 Å². The number of nitrogens with one attached hydrogen (secondary N) is 2. The van der Waals surface area contributed by atoms with Crippen molar-refractivity contribution in [3.05, 3.63) is 59.8 Å². The van der Waals surface area contributed by atoms with Crippen LogP contribution < -0.4 is 5.32 Å². The molecule has 0 aliphatic carbocycles. The van der Waals surface area contributed by atoms with Crippen molar-refractivity contribution in [3.8, 4) is 0 Å². The molecule has 0 atom stereocenters. The molecule has 0 fully saturated rings. The van der Waals surface area contributed by atoms with E-state index in [1.54, 1.807) is 0 Å². The number of aryl methyl sites for hydroxylation is 1. The zero-order chi connectivity index (χ0) is 15.8. The predicted octanol–water partition coefficient (Wildman–Crippen LogP) is 4.27. The summed E-state index contributed by atoms with van der Waals surface area (Å²) >= 11 is 1.49. The maximum atomic E-state index is 12.3. The van der Waals surface area contributed by atoms with Crippen molar-refractivity contribution in [1.29, 1.82) is 0 Å². The van der Waals surface area contributed by atoms with Gasteiger partial charge in [-0.3, -0.25) is 4.79 Å². The SMILES string of the molecule is Cc1ccc2[nH]cc(CC(=O)Nc3nc4ccccc4s3)c2c1. The van der Waals surface area contributed by atoms with Gasteiger partial charge in [0.1, 0.15) is 0 Å². The summed E-state index contributed by atoms with van der Waals surface area (Å²) < 4.78 is 1.07. The van der Waals surface area contributed by atoms with Gasteiger partial charge in [0.05, 0.1) is 16.6 Å². The molecule has 2 aromatic heterocycles. The number of aromatic amines is 1. The summed E-state index contributed by atoms with van der Waals surface area (Å²) in [7, 11) is 0. The van der Waals surface area contributed by atoms with E-state index in [1.807, 2.05) is 36.5 Å². The van der Waals surface area contributed by atoms with Crippen LogP contribution in [0.1, 0.15) is 11.1 Å². The van der Waals surface area contributed by atoms with Crippen molar-refractivity contribution in [2.45, 2.75) is 13.3 Å². The van der Waals surface area contributed by atoms with Crippen LogP contribution in [-0.2, 0) is 11.2 Å². The molecule has 0 spiro atoms. The van der Waals surface area contributed by atoms with Crippen LogP contribution in [0.4, 0.5) is 5.13 Å². The van der Waals surface area contributed by atoms with Gasteiger partial charge in [-0.25, -0.2) is 4.98 Å². The summed E-state index contributed by atoms with van der Waals surface area (Å²) in [5, 5.41) is 4.65. The number of H-pyrrole nitrogens is 1. The first-order valence-corrected chi connectivity index (χ1v) is 8.23. The van der Waals surface area contributed by atoms with E-state index in [0.29, 0.717) is 11.6 Å². The average molecular weight is 321 g/mol. The van der Waals surface area contributed by atoms with Crippen molar-refractivity contribution in [2.24, 2.45) is 0 Å². The van der Waals surface area contributed by atoms with Crippen LogP contribution >= 0.6 is 11.3 Å². The number of benzene rings is 2. The van der Waals surface area contributed by atoms with Crippen LogP contribution in [-0.4, -0.2) is 15.9 Å². The molecule has 0 bridgehead atoms. The van der Waals surface area contributed by atoms with E-state index in [9.17, 15) is 4.79 Å². The normalized spacial score (nSPS) is 11.2. The largest absolute Gasteiger partial charge is 0.361 e. The number of thiazole rings is 1. The molecular formula is C18H15N3OS. The molecule has 1 amide bonds. The number of rotatable bonds is 3. The number of para-hydroxylation sites is 1. The standard InChI is InChI=1S/C18H15N3OS/c1-11-6-7-14-13(8-11)12(10-19-14)9-17(22)21-18-20-15-4-2-3-5-16(15)23-18/h2-8,10,19H,9H2,1H3,(H,20,21,22). The second-order valence-electron chi connectivity index (χ2n) is 5.57. The number of hydrogen-bond acceptors (Lipinski definition) is 3. The second-order valence-corrected chi connectivity index (χ2v) is 6.61. The van der Waals surface area contributed by atoms with Gasteiger partial charge in [-0.15, -0.1) is 0 Å². The van der Waals surface area contributed by atoms with Crippen LogP contribution in [0, 0.1) is 6.92 Å². The summed E-state index contributed by atoms with van der Waals surface area (Å²) in [6.07, 6.45) is 2.24. The fraction of sp³-hybridized carbons (Fsp3) is 0.111. The van der Waals surface area contributed by atoms with E-state index in [4.69, 9.17) is 0 Å². The van der Waals surface area contributed by atoms with E-state index in [-0.39, 0.29) is 5.91 Å². The van der Waals surface area contributed by atoms with Crippen LogP contribution in [0.15, 0.2) is 48.7 Å². The van der Waals surface area contributed by atoms with E-state index < -0.39 is 0 Å². The predicted molar refractivity (Wildman–Crippen MR) is 95.0 cm³/mol. The molecule has 0 radical (unpaired) electrons. The summed E-state index contributed by atoms with van der Waals surface area (Å²) in [5.41, 5.74) is 4.15. The molecule has 2 aromatic carbocycles. The van der Waals surface area contributed by atoms with Crippen LogP contribution in [0.25, 0.3) is 21.1 Å². The number of amides is 1. The van der Waals surface area contributed by atoms with Gasteiger partial charge in [0.2, 0.25) is 5.91 Å². The molecule has 5 heteroatoms. The third-order valence-electron chi connectivity index (χ3n) is 3.81. The van der Waals surface area contributed by atoms with E-state index in [0.717, 1.165) is 26.7 Å². The first-order valence-electron chi connectivity index (χ1n) is 7.41. The Hall–Kier alpha value is -2.66. The minimum atomic E-state index is -0.0496. The van der Waals surface area contributed by atoms with Crippen LogP contribution in [0.2, 0.25) is 0 Å². The van der Waals surface area contributed by atoms with Crippen LogP contribution in [0.5, 0.6) is 0 Å². The van der Waals surface area contributed by atoms with Crippen molar-refractivity contribution in [3.63, 3.8) is 0 Å². The van der Waals surface area contributed by atoms with Gasteiger partial charge < -0.3 is 10.3 Å². The molecule has 23 heavy (non-hydrogen) atoms. The highest BCUT2D eigenvalue weighted by atomic mass is 32.1.